The van der Waals surface area contributed by atoms with Gasteiger partial charge in [-0.2, -0.15) is 0 Å². The Labute approximate surface area is 131 Å². The predicted molar refractivity (Wildman–Crippen MR) is 84.1 cm³/mol. The number of fused-ring (bicyclic) bond motifs is 2. The zero-order chi connectivity index (χ0) is 15.1. The van der Waals surface area contributed by atoms with Crippen molar-refractivity contribution in [2.75, 3.05) is 25.2 Å². The molecule has 4 unspecified atom stereocenters. The maximum absolute atomic E-state index is 12.0. The first kappa shape index (κ1) is 14.1. The van der Waals surface area contributed by atoms with E-state index in [1.165, 1.54) is 31.2 Å². The number of amides is 1. The van der Waals surface area contributed by atoms with E-state index in [-0.39, 0.29) is 12.2 Å². The highest BCUT2D eigenvalue weighted by molar-refractivity contribution is 5.89. The summed E-state index contributed by atoms with van der Waals surface area (Å²) in [5.41, 5.74) is 2.37. The van der Waals surface area contributed by atoms with Crippen LogP contribution in [0.5, 0.6) is 0 Å². The van der Waals surface area contributed by atoms with E-state index < -0.39 is 0 Å². The van der Waals surface area contributed by atoms with E-state index in [1.807, 2.05) is 0 Å². The third-order valence-corrected chi connectivity index (χ3v) is 5.60. The van der Waals surface area contributed by atoms with Crippen LogP contribution in [0.2, 0.25) is 0 Å². The van der Waals surface area contributed by atoms with Crippen molar-refractivity contribution in [3.05, 3.63) is 29.8 Å². The molecular weight excluding hydrogens is 278 g/mol. The number of hydrogen-bond acceptors (Lipinski definition) is 3. The summed E-state index contributed by atoms with van der Waals surface area (Å²) < 4.78 is 10.4. The molecule has 4 nitrogen and oxygen atoms in total. The van der Waals surface area contributed by atoms with Crippen molar-refractivity contribution in [2.45, 2.75) is 37.7 Å². The Hall–Kier alpha value is -1.55. The molecule has 1 amide bonds. The Bertz CT molecular complexity index is 556. The van der Waals surface area contributed by atoms with E-state index in [0.717, 1.165) is 23.4 Å². The molecule has 1 aliphatic heterocycles. The molecule has 1 aromatic carbocycles. The number of methoxy groups -OCH3 is 1. The lowest BCUT2D eigenvalue weighted by Crippen LogP contribution is -2.25. The summed E-state index contributed by atoms with van der Waals surface area (Å²) in [4.78, 5) is 13.7. The molecule has 0 spiro atoms. The number of carbonyl (C=O) groups excluding carboxylic acids is 1. The minimum atomic E-state index is -0.269. The standard InChI is InChI=1S/C18H23NO3/c1-21-11-16-10-19(18(20)22-16)15-6-4-13(5-7-15)17-9-12-2-3-14(17)8-12/h4-7,12,14,16-17H,2-3,8-11H2,1H3. The van der Waals surface area contributed by atoms with E-state index in [9.17, 15) is 4.79 Å². The van der Waals surface area contributed by atoms with Gasteiger partial charge in [0.2, 0.25) is 0 Å². The molecule has 1 saturated heterocycles. The van der Waals surface area contributed by atoms with Crippen LogP contribution in [0, 0.1) is 11.8 Å². The van der Waals surface area contributed by atoms with Gasteiger partial charge in [-0.1, -0.05) is 18.6 Å². The van der Waals surface area contributed by atoms with Crippen molar-refractivity contribution < 1.29 is 14.3 Å². The van der Waals surface area contributed by atoms with Crippen molar-refractivity contribution in [3.63, 3.8) is 0 Å². The largest absolute Gasteiger partial charge is 0.441 e. The molecule has 22 heavy (non-hydrogen) atoms. The Balaban J connectivity index is 1.47. The van der Waals surface area contributed by atoms with Crippen LogP contribution < -0.4 is 4.90 Å². The summed E-state index contributed by atoms with van der Waals surface area (Å²) in [6.45, 7) is 1.02. The molecule has 1 heterocycles. The van der Waals surface area contributed by atoms with Gasteiger partial charge in [0.1, 0.15) is 6.10 Å². The lowest BCUT2D eigenvalue weighted by molar-refractivity contribution is 0.0718. The molecule has 2 aliphatic carbocycles. The average Bonchev–Trinajstić information content (AvgIpc) is 3.23. The van der Waals surface area contributed by atoms with Gasteiger partial charge in [0.25, 0.3) is 0 Å². The molecule has 4 atom stereocenters. The number of cyclic esters (lactones) is 1. The summed E-state index contributed by atoms with van der Waals surface area (Å²) in [5.74, 6) is 2.58. The second-order valence-electron chi connectivity index (χ2n) is 6.94. The summed E-state index contributed by atoms with van der Waals surface area (Å²) in [6, 6.07) is 8.55. The normalized spacial score (nSPS) is 33.5. The molecule has 4 rings (SSSR count). The van der Waals surface area contributed by atoms with Gasteiger partial charge < -0.3 is 9.47 Å². The molecule has 1 aromatic rings. The van der Waals surface area contributed by atoms with Crippen LogP contribution >= 0.6 is 0 Å². The Morgan fingerprint density at radius 2 is 2.05 bits per heavy atom. The summed E-state index contributed by atoms with van der Waals surface area (Å²) in [5, 5.41) is 0. The van der Waals surface area contributed by atoms with Crippen LogP contribution in [-0.2, 0) is 9.47 Å². The van der Waals surface area contributed by atoms with E-state index in [1.54, 1.807) is 12.0 Å². The van der Waals surface area contributed by atoms with E-state index >= 15 is 0 Å². The minimum Gasteiger partial charge on any atom is -0.441 e. The van der Waals surface area contributed by atoms with Crippen LogP contribution in [0.1, 0.15) is 37.2 Å². The molecule has 0 aromatic heterocycles. The third kappa shape index (κ3) is 2.39. The fraction of sp³-hybridized carbons (Fsp3) is 0.611. The summed E-state index contributed by atoms with van der Waals surface area (Å²) in [7, 11) is 1.63. The first-order valence-corrected chi connectivity index (χ1v) is 8.31. The number of anilines is 1. The highest BCUT2D eigenvalue weighted by atomic mass is 16.6. The number of rotatable bonds is 4. The Kier molecular flexibility index (Phi) is 3.57. The lowest BCUT2D eigenvalue weighted by Gasteiger charge is -2.22. The number of carbonyl (C=O) groups is 1. The van der Waals surface area contributed by atoms with Crippen LogP contribution in [0.4, 0.5) is 10.5 Å². The number of ether oxygens (including phenoxy) is 2. The van der Waals surface area contributed by atoms with Crippen molar-refractivity contribution >= 4 is 11.8 Å². The summed E-state index contributed by atoms with van der Waals surface area (Å²) in [6.07, 6.45) is 5.17. The zero-order valence-electron chi connectivity index (χ0n) is 13.0. The number of nitrogens with zero attached hydrogens (tertiary/aromatic N) is 1. The monoisotopic (exact) mass is 301 g/mol. The first-order valence-electron chi connectivity index (χ1n) is 8.31. The van der Waals surface area contributed by atoms with Crippen LogP contribution in [-0.4, -0.2) is 32.5 Å². The maximum Gasteiger partial charge on any atom is 0.414 e. The fourth-order valence-corrected chi connectivity index (χ4v) is 4.56. The average molecular weight is 301 g/mol. The van der Waals surface area contributed by atoms with E-state index in [4.69, 9.17) is 9.47 Å². The van der Waals surface area contributed by atoms with Crippen molar-refractivity contribution in [1.82, 2.24) is 0 Å². The van der Waals surface area contributed by atoms with Crippen molar-refractivity contribution in [1.29, 1.82) is 0 Å². The molecule has 118 valence electrons. The second-order valence-corrected chi connectivity index (χ2v) is 6.94. The van der Waals surface area contributed by atoms with Crippen molar-refractivity contribution in [2.24, 2.45) is 11.8 Å². The predicted octanol–water partition coefficient (Wildman–Crippen LogP) is 3.56. The van der Waals surface area contributed by atoms with E-state index in [2.05, 4.69) is 24.3 Å². The highest BCUT2D eigenvalue weighted by Crippen LogP contribution is 2.52. The molecule has 3 aliphatic rings. The van der Waals surface area contributed by atoms with Crippen molar-refractivity contribution in [3.8, 4) is 0 Å². The third-order valence-electron chi connectivity index (χ3n) is 5.60. The van der Waals surface area contributed by atoms with Gasteiger partial charge in [-0.05, 0) is 54.7 Å². The zero-order valence-corrected chi connectivity index (χ0v) is 13.0. The highest BCUT2D eigenvalue weighted by Gasteiger charge is 2.40. The fourth-order valence-electron chi connectivity index (χ4n) is 4.56. The SMILES string of the molecule is COCC1CN(c2ccc(C3CC4CCC3C4)cc2)C(=O)O1. The van der Waals surface area contributed by atoms with Crippen LogP contribution in [0.25, 0.3) is 0 Å². The smallest absolute Gasteiger partial charge is 0.414 e. The number of benzene rings is 1. The maximum atomic E-state index is 12.0. The molecule has 2 bridgehead atoms. The molecule has 3 fully saturated rings. The van der Waals surface area contributed by atoms with Gasteiger partial charge >= 0.3 is 6.09 Å². The van der Waals surface area contributed by atoms with Crippen LogP contribution in [0.3, 0.4) is 0 Å². The minimum absolute atomic E-state index is 0.164. The van der Waals surface area contributed by atoms with E-state index in [0.29, 0.717) is 13.2 Å². The van der Waals surface area contributed by atoms with Gasteiger partial charge in [0.05, 0.1) is 13.2 Å². The van der Waals surface area contributed by atoms with Gasteiger partial charge in [-0.3, -0.25) is 4.90 Å². The summed E-state index contributed by atoms with van der Waals surface area (Å²) >= 11 is 0. The molecule has 4 heteroatoms. The Morgan fingerprint density at radius 3 is 2.68 bits per heavy atom. The van der Waals surface area contributed by atoms with Gasteiger partial charge in [0, 0.05) is 12.8 Å². The second kappa shape index (κ2) is 5.58. The van der Waals surface area contributed by atoms with Gasteiger partial charge in [-0.15, -0.1) is 0 Å². The molecule has 2 saturated carbocycles. The first-order chi connectivity index (χ1) is 10.7. The molecular formula is C18H23NO3. The molecule has 0 N–H and O–H groups in total. The van der Waals surface area contributed by atoms with Gasteiger partial charge in [0.15, 0.2) is 0 Å². The lowest BCUT2D eigenvalue weighted by atomic mass is 9.83. The molecule has 0 radical (unpaired) electrons. The Morgan fingerprint density at radius 1 is 1.23 bits per heavy atom. The van der Waals surface area contributed by atoms with Crippen LogP contribution in [0.15, 0.2) is 24.3 Å². The number of hydrogen-bond donors (Lipinski definition) is 0. The van der Waals surface area contributed by atoms with Gasteiger partial charge in [-0.25, -0.2) is 4.79 Å². The topological polar surface area (TPSA) is 38.8 Å². The quantitative estimate of drug-likeness (QED) is 0.853.